The molecule has 2 fully saturated rings. The third kappa shape index (κ3) is 3.71. The van der Waals surface area contributed by atoms with Crippen molar-refractivity contribution in [2.75, 3.05) is 13.1 Å². The van der Waals surface area contributed by atoms with Gasteiger partial charge in [-0.05, 0) is 38.5 Å². The monoisotopic (exact) mass is 386 g/mol. The zero-order chi connectivity index (χ0) is 19.7. The van der Waals surface area contributed by atoms with Gasteiger partial charge in [-0.25, -0.2) is 4.98 Å². The summed E-state index contributed by atoms with van der Waals surface area (Å²) in [5, 5.41) is 0. The van der Waals surface area contributed by atoms with Gasteiger partial charge >= 0.3 is 0 Å². The molecular weight excluding hydrogens is 356 g/mol. The summed E-state index contributed by atoms with van der Waals surface area (Å²) in [5.41, 5.74) is 1.26. The Morgan fingerprint density at radius 2 is 1.79 bits per heavy atom. The lowest BCUT2D eigenvalue weighted by Crippen LogP contribution is -2.44. The summed E-state index contributed by atoms with van der Waals surface area (Å²) in [6, 6.07) is -0.158. The van der Waals surface area contributed by atoms with Crippen LogP contribution < -0.4 is 5.56 Å². The topological polar surface area (TPSA) is 86.4 Å². The predicted molar refractivity (Wildman–Crippen MR) is 105 cm³/mol. The highest BCUT2D eigenvalue weighted by atomic mass is 16.2. The molecule has 1 aromatic rings. The van der Waals surface area contributed by atoms with E-state index >= 15 is 0 Å². The number of likely N-dealkylation sites (tertiary alicyclic amines) is 1. The fourth-order valence-corrected chi connectivity index (χ4v) is 4.95. The normalized spacial score (nSPS) is 23.4. The SMILES string of the molecule is CC(=O)N1CCc2c(nc([C@@H]3CCCCN3C(=O)C3CCCCC3)[nH]c2=O)C1. The minimum absolute atomic E-state index is 0.000973. The first-order valence-electron chi connectivity index (χ1n) is 10.7. The van der Waals surface area contributed by atoms with Gasteiger partial charge in [-0.2, -0.15) is 0 Å². The van der Waals surface area contributed by atoms with Gasteiger partial charge < -0.3 is 14.8 Å². The molecule has 2 amide bonds. The Labute approximate surface area is 165 Å². The molecule has 152 valence electrons. The predicted octanol–water partition coefficient (Wildman–Crippen LogP) is 2.31. The van der Waals surface area contributed by atoms with Crippen molar-refractivity contribution < 1.29 is 9.59 Å². The fourth-order valence-electron chi connectivity index (χ4n) is 4.95. The van der Waals surface area contributed by atoms with E-state index in [4.69, 9.17) is 4.98 Å². The Hall–Kier alpha value is -2.18. The van der Waals surface area contributed by atoms with E-state index in [-0.39, 0.29) is 29.3 Å². The molecule has 4 rings (SSSR count). The number of amides is 2. The van der Waals surface area contributed by atoms with Crippen molar-refractivity contribution in [3.8, 4) is 0 Å². The van der Waals surface area contributed by atoms with Crippen LogP contribution in [0.1, 0.15) is 81.4 Å². The van der Waals surface area contributed by atoms with Gasteiger partial charge in [-0.1, -0.05) is 19.3 Å². The number of H-pyrrole nitrogens is 1. The van der Waals surface area contributed by atoms with Crippen LogP contribution >= 0.6 is 0 Å². The van der Waals surface area contributed by atoms with Crippen LogP contribution in [0.25, 0.3) is 0 Å². The number of nitrogens with one attached hydrogen (secondary N) is 1. The van der Waals surface area contributed by atoms with Crippen molar-refractivity contribution in [1.29, 1.82) is 0 Å². The quantitative estimate of drug-likeness (QED) is 0.845. The molecule has 1 saturated heterocycles. The molecule has 0 bridgehead atoms. The third-order valence-corrected chi connectivity index (χ3v) is 6.59. The summed E-state index contributed by atoms with van der Waals surface area (Å²) in [5.74, 6) is 0.945. The Morgan fingerprint density at radius 3 is 2.54 bits per heavy atom. The molecule has 1 aromatic heterocycles. The second kappa shape index (κ2) is 8.05. The van der Waals surface area contributed by atoms with Crippen LogP contribution in [0.2, 0.25) is 0 Å². The zero-order valence-corrected chi connectivity index (χ0v) is 16.7. The molecule has 0 aromatic carbocycles. The highest BCUT2D eigenvalue weighted by Crippen LogP contribution is 2.33. The van der Waals surface area contributed by atoms with Crippen LogP contribution in [-0.4, -0.2) is 44.7 Å². The van der Waals surface area contributed by atoms with Crippen LogP contribution in [-0.2, 0) is 22.6 Å². The molecule has 3 heterocycles. The Bertz CT molecular complexity index is 812. The van der Waals surface area contributed by atoms with Crippen molar-refractivity contribution in [2.24, 2.45) is 5.92 Å². The fraction of sp³-hybridized carbons (Fsp3) is 0.714. The number of hydrogen-bond donors (Lipinski definition) is 1. The summed E-state index contributed by atoms with van der Waals surface area (Å²) < 4.78 is 0. The van der Waals surface area contributed by atoms with Gasteiger partial charge in [0.15, 0.2) is 0 Å². The van der Waals surface area contributed by atoms with Gasteiger partial charge in [-0.3, -0.25) is 14.4 Å². The summed E-state index contributed by atoms with van der Waals surface area (Å²) in [6.45, 7) is 3.22. The number of carbonyl (C=O) groups is 2. The number of aromatic amines is 1. The molecule has 0 radical (unpaired) electrons. The van der Waals surface area contributed by atoms with Crippen LogP contribution in [0.15, 0.2) is 4.79 Å². The Morgan fingerprint density at radius 1 is 1.04 bits per heavy atom. The van der Waals surface area contributed by atoms with Crippen molar-refractivity contribution in [2.45, 2.75) is 77.3 Å². The van der Waals surface area contributed by atoms with Gasteiger partial charge in [-0.15, -0.1) is 0 Å². The average molecular weight is 386 g/mol. The minimum atomic E-state index is -0.158. The summed E-state index contributed by atoms with van der Waals surface area (Å²) >= 11 is 0. The lowest BCUT2D eigenvalue weighted by atomic mass is 9.87. The Kier molecular flexibility index (Phi) is 5.51. The number of fused-ring (bicyclic) bond motifs is 1. The van der Waals surface area contributed by atoms with Gasteiger partial charge in [0.25, 0.3) is 5.56 Å². The van der Waals surface area contributed by atoms with Gasteiger partial charge in [0, 0.05) is 31.5 Å². The highest BCUT2D eigenvalue weighted by Gasteiger charge is 2.35. The second-order valence-electron chi connectivity index (χ2n) is 8.45. The molecule has 7 heteroatoms. The van der Waals surface area contributed by atoms with E-state index in [2.05, 4.69) is 4.98 Å². The molecule has 1 aliphatic carbocycles. The lowest BCUT2D eigenvalue weighted by molar-refractivity contribution is -0.140. The number of aromatic nitrogens is 2. The first-order chi connectivity index (χ1) is 13.5. The summed E-state index contributed by atoms with van der Waals surface area (Å²) in [6.07, 6.45) is 8.83. The van der Waals surface area contributed by atoms with Crippen LogP contribution in [0.4, 0.5) is 0 Å². The summed E-state index contributed by atoms with van der Waals surface area (Å²) in [4.78, 5) is 49.1. The van der Waals surface area contributed by atoms with Gasteiger partial charge in [0.05, 0.1) is 18.3 Å². The maximum Gasteiger partial charge on any atom is 0.254 e. The van der Waals surface area contributed by atoms with Crippen LogP contribution in [0, 0.1) is 5.92 Å². The number of carbonyl (C=O) groups excluding carboxylic acids is 2. The van der Waals surface area contributed by atoms with E-state index in [0.29, 0.717) is 36.6 Å². The minimum Gasteiger partial charge on any atom is -0.337 e. The van der Waals surface area contributed by atoms with Crippen molar-refractivity contribution >= 4 is 11.8 Å². The van der Waals surface area contributed by atoms with Crippen molar-refractivity contribution in [3.05, 3.63) is 27.4 Å². The van der Waals surface area contributed by atoms with Crippen LogP contribution in [0.5, 0.6) is 0 Å². The van der Waals surface area contributed by atoms with E-state index < -0.39 is 0 Å². The molecule has 28 heavy (non-hydrogen) atoms. The third-order valence-electron chi connectivity index (χ3n) is 6.59. The van der Waals surface area contributed by atoms with E-state index in [9.17, 15) is 14.4 Å². The second-order valence-corrected chi connectivity index (χ2v) is 8.45. The standard InChI is InChI=1S/C21H30N4O3/c1-14(26)24-12-10-16-17(13-24)22-19(23-20(16)27)18-9-5-6-11-25(18)21(28)15-7-3-2-4-8-15/h15,18H,2-13H2,1H3,(H,22,23,27)/t18-/m0/s1. The molecule has 3 aliphatic rings. The van der Waals surface area contributed by atoms with E-state index in [1.54, 1.807) is 11.8 Å². The molecule has 0 spiro atoms. The van der Waals surface area contributed by atoms with Gasteiger partial charge in [0.1, 0.15) is 5.82 Å². The van der Waals surface area contributed by atoms with Gasteiger partial charge in [0.2, 0.25) is 11.8 Å². The Balaban J connectivity index is 1.62. The largest absolute Gasteiger partial charge is 0.337 e. The maximum absolute atomic E-state index is 13.2. The first-order valence-corrected chi connectivity index (χ1v) is 10.7. The van der Waals surface area contributed by atoms with Crippen LogP contribution in [0.3, 0.4) is 0 Å². The molecule has 1 N–H and O–H groups in total. The number of piperidine rings is 1. The van der Waals surface area contributed by atoms with Crippen molar-refractivity contribution in [3.63, 3.8) is 0 Å². The van der Waals surface area contributed by atoms with E-state index in [1.807, 2.05) is 4.90 Å². The van der Waals surface area contributed by atoms with E-state index in [0.717, 1.165) is 51.5 Å². The van der Waals surface area contributed by atoms with E-state index in [1.165, 1.54) is 6.42 Å². The zero-order valence-electron chi connectivity index (χ0n) is 16.7. The molecule has 1 saturated carbocycles. The summed E-state index contributed by atoms with van der Waals surface area (Å²) in [7, 11) is 0. The van der Waals surface area contributed by atoms with Crippen molar-refractivity contribution in [1.82, 2.24) is 19.8 Å². The first kappa shape index (κ1) is 19.2. The number of nitrogens with zero attached hydrogens (tertiary/aromatic N) is 3. The number of rotatable bonds is 2. The number of hydrogen-bond acceptors (Lipinski definition) is 4. The lowest BCUT2D eigenvalue weighted by Gasteiger charge is -2.38. The molecule has 7 nitrogen and oxygen atoms in total. The average Bonchev–Trinajstić information content (AvgIpc) is 2.73. The molecule has 1 atom stereocenters. The smallest absolute Gasteiger partial charge is 0.254 e. The molecular formula is C21H30N4O3. The molecule has 2 aliphatic heterocycles. The maximum atomic E-state index is 13.2. The molecule has 0 unspecified atom stereocenters. The highest BCUT2D eigenvalue weighted by molar-refractivity contribution is 5.79.